The SMILES string of the molecule is C/C=C/CC(NC(=O)c1cccc([N+](=O)[O-])c1N1CCOCC1)C(=O)O. The van der Waals surface area contributed by atoms with Crippen molar-refractivity contribution in [3.63, 3.8) is 0 Å². The molecule has 1 aromatic rings. The van der Waals surface area contributed by atoms with Crippen LogP contribution in [0.5, 0.6) is 0 Å². The van der Waals surface area contributed by atoms with Crippen LogP contribution in [-0.2, 0) is 9.53 Å². The molecule has 0 spiro atoms. The summed E-state index contributed by atoms with van der Waals surface area (Å²) in [6.45, 7) is 3.36. The van der Waals surface area contributed by atoms with Crippen LogP contribution in [0.15, 0.2) is 30.4 Å². The van der Waals surface area contributed by atoms with Gasteiger partial charge in [0.25, 0.3) is 11.6 Å². The number of para-hydroxylation sites is 1. The fourth-order valence-corrected chi connectivity index (χ4v) is 2.71. The first-order valence-corrected chi connectivity index (χ1v) is 8.20. The summed E-state index contributed by atoms with van der Waals surface area (Å²) in [6.07, 6.45) is 3.45. The number of carbonyl (C=O) groups is 2. The summed E-state index contributed by atoms with van der Waals surface area (Å²) in [7, 11) is 0. The Kier molecular flexibility index (Phi) is 6.67. The lowest BCUT2D eigenvalue weighted by molar-refractivity contribution is -0.384. The Morgan fingerprint density at radius 1 is 1.42 bits per heavy atom. The van der Waals surface area contributed by atoms with E-state index in [0.29, 0.717) is 26.3 Å². The van der Waals surface area contributed by atoms with Gasteiger partial charge in [-0.3, -0.25) is 14.9 Å². The smallest absolute Gasteiger partial charge is 0.326 e. The molecule has 1 heterocycles. The van der Waals surface area contributed by atoms with Gasteiger partial charge in [-0.05, 0) is 19.4 Å². The van der Waals surface area contributed by atoms with Crippen molar-refractivity contribution in [1.29, 1.82) is 0 Å². The summed E-state index contributed by atoms with van der Waals surface area (Å²) in [5.41, 5.74) is 0.0705. The number of carboxylic acids is 1. The van der Waals surface area contributed by atoms with E-state index in [4.69, 9.17) is 4.74 Å². The van der Waals surface area contributed by atoms with Crippen LogP contribution in [0.25, 0.3) is 0 Å². The summed E-state index contributed by atoms with van der Waals surface area (Å²) in [5.74, 6) is -1.83. The molecule has 26 heavy (non-hydrogen) atoms. The summed E-state index contributed by atoms with van der Waals surface area (Å²) in [4.78, 5) is 36.6. The van der Waals surface area contributed by atoms with Crippen molar-refractivity contribution in [2.45, 2.75) is 19.4 Å². The first-order chi connectivity index (χ1) is 12.5. The number of nitro benzene ring substituents is 1. The average molecular weight is 363 g/mol. The number of allylic oxidation sites excluding steroid dienone is 1. The number of nitrogens with zero attached hydrogens (tertiary/aromatic N) is 2. The number of hydrogen-bond acceptors (Lipinski definition) is 6. The monoisotopic (exact) mass is 363 g/mol. The number of amides is 1. The second kappa shape index (κ2) is 8.95. The van der Waals surface area contributed by atoms with Crippen LogP contribution in [0.1, 0.15) is 23.7 Å². The molecule has 2 N–H and O–H groups in total. The summed E-state index contributed by atoms with van der Waals surface area (Å²) in [5, 5.41) is 23.1. The number of carbonyl (C=O) groups excluding carboxylic acids is 1. The van der Waals surface area contributed by atoms with Crippen molar-refractivity contribution < 1.29 is 24.4 Å². The van der Waals surface area contributed by atoms with Gasteiger partial charge >= 0.3 is 5.97 Å². The minimum absolute atomic E-state index is 0.0767. The van der Waals surface area contributed by atoms with Crippen LogP contribution >= 0.6 is 0 Å². The van der Waals surface area contributed by atoms with Gasteiger partial charge in [0.2, 0.25) is 0 Å². The first-order valence-electron chi connectivity index (χ1n) is 8.20. The molecule has 1 fully saturated rings. The standard InChI is InChI=1S/C17H21N3O6/c1-2-3-6-13(17(22)23)18-16(21)12-5-4-7-14(20(24)25)15(12)19-8-10-26-11-9-19/h2-5,7,13H,6,8-11H2,1H3,(H,18,21)(H,22,23)/b3-2+. The Labute approximate surface area is 150 Å². The van der Waals surface area contributed by atoms with Crippen LogP contribution in [0.3, 0.4) is 0 Å². The van der Waals surface area contributed by atoms with E-state index in [9.17, 15) is 24.8 Å². The number of nitrogens with one attached hydrogen (secondary N) is 1. The van der Waals surface area contributed by atoms with Crippen molar-refractivity contribution in [2.75, 3.05) is 31.2 Å². The third-order valence-corrected chi connectivity index (χ3v) is 3.99. The van der Waals surface area contributed by atoms with Crippen molar-refractivity contribution in [3.8, 4) is 0 Å². The molecule has 1 aliphatic heterocycles. The average Bonchev–Trinajstić information content (AvgIpc) is 2.64. The molecule has 9 heteroatoms. The predicted octanol–water partition coefficient (Wildman–Crippen LogP) is 1.58. The second-order valence-electron chi connectivity index (χ2n) is 5.70. The van der Waals surface area contributed by atoms with Crippen LogP contribution in [0.2, 0.25) is 0 Å². The number of hydrogen-bond donors (Lipinski definition) is 2. The van der Waals surface area contributed by atoms with E-state index < -0.39 is 22.8 Å². The molecule has 9 nitrogen and oxygen atoms in total. The zero-order valence-electron chi connectivity index (χ0n) is 14.4. The van der Waals surface area contributed by atoms with Crippen LogP contribution < -0.4 is 10.2 Å². The number of aliphatic carboxylic acids is 1. The maximum atomic E-state index is 12.7. The number of benzene rings is 1. The van der Waals surface area contributed by atoms with E-state index in [1.165, 1.54) is 18.2 Å². The fraction of sp³-hybridized carbons (Fsp3) is 0.412. The lowest BCUT2D eigenvalue weighted by Gasteiger charge is -2.30. The highest BCUT2D eigenvalue weighted by Crippen LogP contribution is 2.32. The number of rotatable bonds is 7. The minimum Gasteiger partial charge on any atom is -0.480 e. The van der Waals surface area contributed by atoms with Crippen LogP contribution in [0, 0.1) is 10.1 Å². The molecular formula is C17H21N3O6. The zero-order valence-corrected chi connectivity index (χ0v) is 14.4. The molecule has 0 aliphatic carbocycles. The molecule has 1 atom stereocenters. The maximum Gasteiger partial charge on any atom is 0.326 e. The molecule has 0 aromatic heterocycles. The highest BCUT2D eigenvalue weighted by Gasteiger charge is 2.29. The molecule has 0 radical (unpaired) electrons. The van der Waals surface area contributed by atoms with E-state index in [1.807, 2.05) is 0 Å². The van der Waals surface area contributed by atoms with E-state index in [2.05, 4.69) is 5.32 Å². The number of morpholine rings is 1. The van der Waals surface area contributed by atoms with Gasteiger partial charge in [-0.25, -0.2) is 4.79 Å². The molecular weight excluding hydrogens is 342 g/mol. The number of anilines is 1. The van der Waals surface area contributed by atoms with Gasteiger partial charge < -0.3 is 20.1 Å². The molecule has 1 aromatic carbocycles. The minimum atomic E-state index is -1.17. The molecule has 140 valence electrons. The Balaban J connectivity index is 2.37. The lowest BCUT2D eigenvalue weighted by Crippen LogP contribution is -2.42. The molecule has 1 unspecified atom stereocenters. The Morgan fingerprint density at radius 3 is 2.69 bits per heavy atom. The highest BCUT2D eigenvalue weighted by atomic mass is 16.6. The van der Waals surface area contributed by atoms with Gasteiger partial charge in [0, 0.05) is 19.2 Å². The fourth-order valence-electron chi connectivity index (χ4n) is 2.71. The van der Waals surface area contributed by atoms with Crippen molar-refractivity contribution in [1.82, 2.24) is 5.32 Å². The van der Waals surface area contributed by atoms with Crippen LogP contribution in [0.4, 0.5) is 11.4 Å². The molecule has 2 rings (SSSR count). The summed E-state index contributed by atoms with van der Waals surface area (Å²) in [6, 6.07) is 3.09. The Hall–Kier alpha value is -2.94. The van der Waals surface area contributed by atoms with E-state index >= 15 is 0 Å². The molecule has 1 saturated heterocycles. The third-order valence-electron chi connectivity index (χ3n) is 3.99. The lowest BCUT2D eigenvalue weighted by atomic mass is 10.1. The molecule has 0 bridgehead atoms. The normalized spacial score (nSPS) is 15.7. The number of ether oxygens (including phenoxy) is 1. The zero-order chi connectivity index (χ0) is 19.1. The van der Waals surface area contributed by atoms with E-state index in [1.54, 1.807) is 24.0 Å². The van der Waals surface area contributed by atoms with Crippen LogP contribution in [-0.4, -0.2) is 54.3 Å². The molecule has 0 saturated carbocycles. The van der Waals surface area contributed by atoms with Crippen molar-refractivity contribution in [3.05, 3.63) is 46.0 Å². The maximum absolute atomic E-state index is 12.7. The van der Waals surface area contributed by atoms with Crippen molar-refractivity contribution in [2.24, 2.45) is 0 Å². The van der Waals surface area contributed by atoms with Gasteiger partial charge in [-0.1, -0.05) is 18.2 Å². The van der Waals surface area contributed by atoms with Gasteiger partial charge in [0.1, 0.15) is 11.7 Å². The first kappa shape index (κ1) is 19.4. The number of carboxylic acid groups (broad SMARTS) is 1. The third kappa shape index (κ3) is 4.57. The van der Waals surface area contributed by atoms with Gasteiger partial charge in [-0.2, -0.15) is 0 Å². The van der Waals surface area contributed by atoms with Gasteiger partial charge in [-0.15, -0.1) is 0 Å². The van der Waals surface area contributed by atoms with E-state index in [0.717, 1.165) is 0 Å². The van der Waals surface area contributed by atoms with Gasteiger partial charge in [0.15, 0.2) is 0 Å². The summed E-state index contributed by atoms with van der Waals surface area (Å²) < 4.78 is 5.26. The second-order valence-corrected chi connectivity index (χ2v) is 5.70. The molecule has 1 aliphatic rings. The topological polar surface area (TPSA) is 122 Å². The Bertz CT molecular complexity index is 712. The number of nitro groups is 1. The van der Waals surface area contributed by atoms with Crippen molar-refractivity contribution >= 4 is 23.3 Å². The largest absolute Gasteiger partial charge is 0.480 e. The molecule has 1 amide bonds. The van der Waals surface area contributed by atoms with E-state index in [-0.39, 0.29) is 23.4 Å². The summed E-state index contributed by atoms with van der Waals surface area (Å²) >= 11 is 0. The highest BCUT2D eigenvalue weighted by molar-refractivity contribution is 6.03. The Morgan fingerprint density at radius 2 is 2.12 bits per heavy atom. The predicted molar refractivity (Wildman–Crippen MR) is 94.4 cm³/mol. The van der Waals surface area contributed by atoms with Gasteiger partial charge in [0.05, 0.1) is 23.7 Å². The quantitative estimate of drug-likeness (QED) is 0.428.